The smallest absolute Gasteiger partial charge is 0.433 e. The standard InChI is InChI=1S/C39H42F8N6O11/c1-52-37(8-2-3-9-37)33(59)27(34(60)51-22-6-5-20(38(42,43)44)14-21(22)23-15-26(39(45,46)47)50-18-49-23)36(62)53(52)16-19-4-7-25(29(41)28(19)40)64-13-12-63-11-10-48-35(61)32(58)31(57)30(56)24(55)17-54/h4-7,14-15,18,24,30-32,54-59H,2-3,8-13,16-17H2,1H3,(H,48,61)(H,51,60)/t24-,30-,31+,32-/m0/s1. The summed E-state index contributed by atoms with van der Waals surface area (Å²) in [5, 5.41) is 65.5. The Morgan fingerprint density at radius 3 is 2.23 bits per heavy atom. The maximum Gasteiger partial charge on any atom is 0.433 e. The number of hydrazine groups is 1. The molecule has 350 valence electrons. The summed E-state index contributed by atoms with van der Waals surface area (Å²) in [6.45, 7) is -2.69. The first kappa shape index (κ1) is 49.4. The molecule has 0 bridgehead atoms. The summed E-state index contributed by atoms with van der Waals surface area (Å²) in [4.78, 5) is 46.8. The van der Waals surface area contributed by atoms with Gasteiger partial charge in [-0.1, -0.05) is 18.9 Å². The Morgan fingerprint density at radius 1 is 0.906 bits per heavy atom. The lowest BCUT2D eigenvalue weighted by Crippen LogP contribution is -2.62. The van der Waals surface area contributed by atoms with Crippen LogP contribution in [0.25, 0.3) is 11.3 Å². The van der Waals surface area contributed by atoms with Crippen LogP contribution in [0.3, 0.4) is 0 Å². The second-order valence-corrected chi connectivity index (χ2v) is 14.6. The number of hydrogen-bond acceptors (Lipinski definition) is 14. The minimum absolute atomic E-state index is 0.159. The number of amides is 3. The van der Waals surface area contributed by atoms with Gasteiger partial charge in [0.15, 0.2) is 17.7 Å². The topological polar surface area (TPSA) is 247 Å². The van der Waals surface area contributed by atoms with Crippen molar-refractivity contribution < 1.29 is 89.6 Å². The first-order chi connectivity index (χ1) is 30.0. The van der Waals surface area contributed by atoms with Gasteiger partial charge in [0.2, 0.25) is 5.82 Å². The molecule has 17 nitrogen and oxygen atoms in total. The summed E-state index contributed by atoms with van der Waals surface area (Å²) in [6.07, 6.45) is -16.4. The summed E-state index contributed by atoms with van der Waals surface area (Å²) < 4.78 is 123. The molecule has 25 heteroatoms. The van der Waals surface area contributed by atoms with Gasteiger partial charge in [-0.25, -0.2) is 19.4 Å². The molecule has 0 radical (unpaired) electrons. The van der Waals surface area contributed by atoms with Crippen LogP contribution in [0.4, 0.5) is 40.8 Å². The van der Waals surface area contributed by atoms with E-state index in [9.17, 15) is 66.3 Å². The number of likely N-dealkylation sites (N-methyl/N-ethyl adjacent to an activating group) is 1. The van der Waals surface area contributed by atoms with Crippen molar-refractivity contribution in [3.63, 3.8) is 0 Å². The summed E-state index contributed by atoms with van der Waals surface area (Å²) in [5.41, 5.74) is -7.47. The molecule has 5 rings (SSSR count). The van der Waals surface area contributed by atoms with Crippen LogP contribution < -0.4 is 15.4 Å². The minimum Gasteiger partial charge on any atom is -0.509 e. The van der Waals surface area contributed by atoms with Crippen LogP contribution in [0.1, 0.15) is 42.5 Å². The van der Waals surface area contributed by atoms with Gasteiger partial charge in [-0.2, -0.15) is 30.7 Å². The van der Waals surface area contributed by atoms with E-state index in [0.29, 0.717) is 37.4 Å². The number of ether oxygens (including phenoxy) is 2. The average Bonchev–Trinajstić information content (AvgIpc) is 3.76. The molecule has 1 fully saturated rings. The number of aromatic nitrogens is 2. The van der Waals surface area contributed by atoms with Gasteiger partial charge >= 0.3 is 12.4 Å². The number of nitrogens with one attached hydrogen (secondary N) is 2. The lowest BCUT2D eigenvalue weighted by molar-refractivity contribution is -0.163. The van der Waals surface area contributed by atoms with E-state index in [1.54, 1.807) is 0 Å². The summed E-state index contributed by atoms with van der Waals surface area (Å²) in [6, 6.07) is 4.15. The fourth-order valence-electron chi connectivity index (χ4n) is 7.08. The van der Waals surface area contributed by atoms with Gasteiger partial charge in [-0.15, -0.1) is 0 Å². The number of carbonyl (C=O) groups excluding carboxylic acids is 3. The molecule has 1 aliphatic carbocycles. The number of anilines is 1. The number of carbonyl (C=O) groups is 3. The molecule has 0 saturated heterocycles. The minimum atomic E-state index is -5.03. The van der Waals surface area contributed by atoms with E-state index >= 15 is 8.78 Å². The number of halogens is 8. The SMILES string of the molecule is CN1N(Cc2ccc(OCCOCCNC(=O)[C@@H](O)[C@H](O)[C@@H](O)[C@@H](O)CO)c(F)c2F)C(=O)C(C(=O)Nc2ccc(C(F)(F)F)cc2-c2cc(C(F)(F)F)ncn2)=C(O)C12CCCC2. The average molecular weight is 923 g/mol. The quantitative estimate of drug-likeness (QED) is 0.0551. The third-order valence-electron chi connectivity index (χ3n) is 10.6. The van der Waals surface area contributed by atoms with Crippen molar-refractivity contribution in [2.24, 2.45) is 0 Å². The van der Waals surface area contributed by atoms with Crippen molar-refractivity contribution in [1.29, 1.82) is 0 Å². The Balaban J connectivity index is 1.29. The van der Waals surface area contributed by atoms with E-state index < -0.39 is 136 Å². The van der Waals surface area contributed by atoms with Crippen molar-refractivity contribution in [2.75, 3.05) is 45.3 Å². The fourth-order valence-corrected chi connectivity index (χ4v) is 7.08. The predicted octanol–water partition coefficient (Wildman–Crippen LogP) is 2.36. The van der Waals surface area contributed by atoms with Gasteiger partial charge < -0.3 is 50.7 Å². The van der Waals surface area contributed by atoms with Crippen molar-refractivity contribution in [1.82, 2.24) is 25.3 Å². The summed E-state index contributed by atoms with van der Waals surface area (Å²) in [7, 11) is 1.37. The molecule has 1 saturated carbocycles. The van der Waals surface area contributed by atoms with E-state index in [4.69, 9.17) is 14.6 Å². The maximum atomic E-state index is 15.6. The third-order valence-corrected chi connectivity index (χ3v) is 10.6. The van der Waals surface area contributed by atoms with Crippen LogP contribution in [0.15, 0.2) is 54.1 Å². The molecule has 0 unspecified atom stereocenters. The Labute approximate surface area is 357 Å². The first-order valence-electron chi connectivity index (χ1n) is 19.2. The molecule has 3 amide bonds. The van der Waals surface area contributed by atoms with Crippen molar-refractivity contribution >= 4 is 23.4 Å². The maximum absolute atomic E-state index is 15.6. The Kier molecular flexibility index (Phi) is 15.5. The Morgan fingerprint density at radius 2 is 1.59 bits per heavy atom. The molecular formula is C39H42F8N6O11. The number of aliphatic hydroxyl groups excluding tert-OH is 6. The summed E-state index contributed by atoms with van der Waals surface area (Å²) >= 11 is 0. The van der Waals surface area contributed by atoms with Crippen molar-refractivity contribution in [3.8, 4) is 17.0 Å². The monoisotopic (exact) mass is 922 g/mol. The highest BCUT2D eigenvalue weighted by Gasteiger charge is 2.53. The normalized spacial score (nSPS) is 17.7. The van der Waals surface area contributed by atoms with Crippen LogP contribution in [-0.4, -0.2) is 138 Å². The van der Waals surface area contributed by atoms with Gasteiger partial charge in [0, 0.05) is 24.7 Å². The predicted molar refractivity (Wildman–Crippen MR) is 202 cm³/mol. The van der Waals surface area contributed by atoms with Crippen LogP contribution in [-0.2, 0) is 38.0 Å². The number of aliphatic hydroxyl groups is 6. The van der Waals surface area contributed by atoms with Gasteiger partial charge in [-0.05, 0) is 43.2 Å². The third kappa shape index (κ3) is 10.7. The van der Waals surface area contributed by atoms with Crippen molar-refractivity contribution in [2.45, 2.75) is 74.5 Å². The number of nitrogens with zero attached hydrogens (tertiary/aromatic N) is 4. The second-order valence-electron chi connectivity index (χ2n) is 14.6. The highest BCUT2D eigenvalue weighted by Crippen LogP contribution is 2.45. The molecule has 8 N–H and O–H groups in total. The van der Waals surface area contributed by atoms with Crippen LogP contribution >= 0.6 is 0 Å². The zero-order valence-electron chi connectivity index (χ0n) is 33.5. The molecule has 2 heterocycles. The van der Waals surface area contributed by atoms with Crippen molar-refractivity contribution in [3.05, 3.63) is 82.5 Å². The van der Waals surface area contributed by atoms with E-state index in [2.05, 4.69) is 20.6 Å². The van der Waals surface area contributed by atoms with E-state index in [-0.39, 0.29) is 39.2 Å². The Bertz CT molecular complexity index is 2220. The molecule has 1 aromatic heterocycles. The summed E-state index contributed by atoms with van der Waals surface area (Å²) in [5.74, 6) is -8.04. The lowest BCUT2D eigenvalue weighted by Gasteiger charge is -2.48. The molecule has 64 heavy (non-hydrogen) atoms. The fraction of sp³-hybridized carbons (Fsp3) is 0.462. The second kappa shape index (κ2) is 20.1. The van der Waals surface area contributed by atoms with Crippen LogP contribution in [0, 0.1) is 11.6 Å². The van der Waals surface area contributed by atoms with Crippen LogP contribution in [0.5, 0.6) is 5.75 Å². The molecule has 2 aromatic carbocycles. The zero-order chi connectivity index (χ0) is 47.3. The Hall–Kier alpha value is -5.57. The molecule has 3 aromatic rings. The first-order valence-corrected chi connectivity index (χ1v) is 19.2. The lowest BCUT2D eigenvalue weighted by atomic mass is 9.88. The van der Waals surface area contributed by atoms with E-state index in [0.717, 1.165) is 23.2 Å². The van der Waals surface area contributed by atoms with E-state index in [1.807, 2.05) is 0 Å². The number of alkyl halides is 6. The van der Waals surface area contributed by atoms with Crippen LogP contribution in [0.2, 0.25) is 0 Å². The van der Waals surface area contributed by atoms with Gasteiger partial charge in [-0.3, -0.25) is 19.4 Å². The molecule has 4 atom stereocenters. The van der Waals surface area contributed by atoms with Gasteiger partial charge in [0.1, 0.15) is 48.3 Å². The van der Waals surface area contributed by atoms with E-state index in [1.165, 1.54) is 12.1 Å². The number of rotatable bonds is 17. The largest absolute Gasteiger partial charge is 0.509 e. The van der Waals surface area contributed by atoms with Gasteiger partial charge in [0.25, 0.3) is 17.7 Å². The molecule has 1 aliphatic heterocycles. The highest BCUT2D eigenvalue weighted by molar-refractivity contribution is 6.24. The number of benzene rings is 2. The molecular weight excluding hydrogens is 880 g/mol. The molecule has 1 spiro atoms. The highest BCUT2D eigenvalue weighted by atomic mass is 19.4. The zero-order valence-corrected chi connectivity index (χ0v) is 33.5. The molecule has 2 aliphatic rings. The van der Waals surface area contributed by atoms with Gasteiger partial charge in [0.05, 0.1) is 48.8 Å². The number of hydrogen-bond donors (Lipinski definition) is 8.